The molecule has 2 aliphatic rings. The average molecular weight is 344 g/mol. The SMILES string of the molecule is N[C@@H]1CC[C@@H](Oc2ccc(F)cc2)[C@@H](N2CCC(F)(F)CC2)[C@@H]1O. The Kier molecular flexibility index (Phi) is 5.03. The van der Waals surface area contributed by atoms with Crippen LogP contribution in [-0.2, 0) is 0 Å². The van der Waals surface area contributed by atoms with E-state index >= 15 is 0 Å². The predicted octanol–water partition coefficient (Wildman–Crippen LogP) is 2.15. The molecule has 1 saturated heterocycles. The first-order valence-corrected chi connectivity index (χ1v) is 8.33. The molecule has 24 heavy (non-hydrogen) atoms. The first-order chi connectivity index (χ1) is 11.4. The van der Waals surface area contributed by atoms with E-state index in [1.807, 2.05) is 4.90 Å². The molecule has 0 radical (unpaired) electrons. The maximum Gasteiger partial charge on any atom is 0.250 e. The maximum absolute atomic E-state index is 13.4. The number of aliphatic hydroxyl groups is 1. The van der Waals surface area contributed by atoms with Gasteiger partial charge >= 0.3 is 0 Å². The fourth-order valence-electron chi connectivity index (χ4n) is 3.59. The monoisotopic (exact) mass is 344 g/mol. The van der Waals surface area contributed by atoms with Crippen molar-refractivity contribution in [1.82, 2.24) is 4.90 Å². The lowest BCUT2D eigenvalue weighted by Crippen LogP contribution is -2.63. The molecule has 0 amide bonds. The van der Waals surface area contributed by atoms with Crippen LogP contribution < -0.4 is 10.5 Å². The summed E-state index contributed by atoms with van der Waals surface area (Å²) in [7, 11) is 0. The Hall–Kier alpha value is -1.31. The highest BCUT2D eigenvalue weighted by Gasteiger charge is 2.45. The number of alkyl halides is 2. The van der Waals surface area contributed by atoms with Crippen LogP contribution >= 0.6 is 0 Å². The zero-order chi connectivity index (χ0) is 17.3. The summed E-state index contributed by atoms with van der Waals surface area (Å²) < 4.78 is 45.8. The van der Waals surface area contributed by atoms with Gasteiger partial charge in [-0.25, -0.2) is 13.2 Å². The second kappa shape index (κ2) is 6.90. The number of piperidine rings is 1. The third kappa shape index (κ3) is 3.84. The number of aliphatic hydroxyl groups excluding tert-OH is 1. The predicted molar refractivity (Wildman–Crippen MR) is 83.6 cm³/mol. The first kappa shape index (κ1) is 17.5. The fourth-order valence-corrected chi connectivity index (χ4v) is 3.59. The molecule has 3 N–H and O–H groups in total. The summed E-state index contributed by atoms with van der Waals surface area (Å²) in [5.41, 5.74) is 5.97. The lowest BCUT2D eigenvalue weighted by Gasteiger charge is -2.46. The number of hydrogen-bond acceptors (Lipinski definition) is 4. The minimum Gasteiger partial charge on any atom is -0.489 e. The minimum absolute atomic E-state index is 0.199. The topological polar surface area (TPSA) is 58.7 Å². The summed E-state index contributed by atoms with van der Waals surface area (Å²) in [6.07, 6.45) is -0.447. The van der Waals surface area contributed by atoms with E-state index in [1.165, 1.54) is 24.3 Å². The fraction of sp³-hybridized carbons (Fsp3) is 0.647. The van der Waals surface area contributed by atoms with Crippen LogP contribution in [0.15, 0.2) is 24.3 Å². The standard InChI is InChI=1S/C17H23F3N2O2/c18-11-1-3-12(4-2-11)24-14-6-5-13(21)16(23)15(14)22-9-7-17(19,20)8-10-22/h1-4,13-16,23H,5-10,21H2/t13-,14-,15-,16-/m1/s1. The van der Waals surface area contributed by atoms with Gasteiger partial charge in [0, 0.05) is 32.0 Å². The van der Waals surface area contributed by atoms with Crippen LogP contribution in [0.4, 0.5) is 13.2 Å². The third-order valence-electron chi connectivity index (χ3n) is 5.01. The van der Waals surface area contributed by atoms with Crippen LogP contribution in [0, 0.1) is 5.82 Å². The summed E-state index contributed by atoms with van der Waals surface area (Å²) in [6.45, 7) is 0.398. The summed E-state index contributed by atoms with van der Waals surface area (Å²) in [4.78, 5) is 1.86. The lowest BCUT2D eigenvalue weighted by atomic mass is 9.84. The van der Waals surface area contributed by atoms with E-state index < -0.39 is 24.1 Å². The van der Waals surface area contributed by atoms with Crippen molar-refractivity contribution in [2.45, 2.75) is 55.9 Å². The Bertz CT molecular complexity index is 545. The molecule has 1 heterocycles. The van der Waals surface area contributed by atoms with Crippen molar-refractivity contribution in [1.29, 1.82) is 0 Å². The number of likely N-dealkylation sites (tertiary alicyclic amines) is 1. The van der Waals surface area contributed by atoms with Crippen molar-refractivity contribution < 1.29 is 23.0 Å². The van der Waals surface area contributed by atoms with Crippen LogP contribution in [0.3, 0.4) is 0 Å². The van der Waals surface area contributed by atoms with Crippen molar-refractivity contribution in [3.8, 4) is 5.75 Å². The average Bonchev–Trinajstić information content (AvgIpc) is 2.54. The Morgan fingerprint density at radius 1 is 1.12 bits per heavy atom. The van der Waals surface area contributed by atoms with Crippen LogP contribution in [0.5, 0.6) is 5.75 Å². The Morgan fingerprint density at radius 2 is 1.75 bits per heavy atom. The highest BCUT2D eigenvalue weighted by molar-refractivity contribution is 5.23. The van der Waals surface area contributed by atoms with E-state index in [0.717, 1.165) is 0 Å². The number of nitrogens with two attached hydrogens (primary N) is 1. The summed E-state index contributed by atoms with van der Waals surface area (Å²) in [6, 6.07) is 4.82. The first-order valence-electron chi connectivity index (χ1n) is 8.33. The van der Waals surface area contributed by atoms with Crippen molar-refractivity contribution >= 4 is 0 Å². The molecule has 1 aliphatic heterocycles. The molecule has 134 valence electrons. The molecule has 1 aromatic rings. The van der Waals surface area contributed by atoms with Gasteiger partial charge in [0.15, 0.2) is 0 Å². The van der Waals surface area contributed by atoms with Gasteiger partial charge < -0.3 is 15.6 Å². The Morgan fingerprint density at radius 3 is 2.38 bits per heavy atom. The highest BCUT2D eigenvalue weighted by atomic mass is 19.3. The summed E-state index contributed by atoms with van der Waals surface area (Å²) in [5.74, 6) is -2.51. The third-order valence-corrected chi connectivity index (χ3v) is 5.01. The quantitative estimate of drug-likeness (QED) is 0.882. The van der Waals surface area contributed by atoms with Crippen LogP contribution in [0.2, 0.25) is 0 Å². The highest BCUT2D eigenvalue weighted by Crippen LogP contribution is 2.33. The van der Waals surface area contributed by atoms with Gasteiger partial charge in [0.05, 0.1) is 12.1 Å². The molecule has 0 aromatic heterocycles. The molecular weight excluding hydrogens is 321 g/mol. The van der Waals surface area contributed by atoms with Gasteiger partial charge in [0.25, 0.3) is 5.92 Å². The van der Waals surface area contributed by atoms with Gasteiger partial charge in [-0.15, -0.1) is 0 Å². The normalized spacial score (nSPS) is 34.0. The van der Waals surface area contributed by atoms with E-state index in [1.54, 1.807) is 0 Å². The molecule has 1 aliphatic carbocycles. The zero-order valence-electron chi connectivity index (χ0n) is 13.4. The van der Waals surface area contributed by atoms with E-state index in [4.69, 9.17) is 10.5 Å². The van der Waals surface area contributed by atoms with Crippen molar-refractivity contribution in [2.24, 2.45) is 5.73 Å². The van der Waals surface area contributed by atoms with Gasteiger partial charge in [-0.3, -0.25) is 4.90 Å². The van der Waals surface area contributed by atoms with Gasteiger partial charge in [-0.1, -0.05) is 0 Å². The zero-order valence-corrected chi connectivity index (χ0v) is 13.4. The second-order valence-corrected chi connectivity index (χ2v) is 6.72. The van der Waals surface area contributed by atoms with Gasteiger partial charge in [0.1, 0.15) is 17.7 Å². The molecule has 3 rings (SSSR count). The van der Waals surface area contributed by atoms with E-state index in [9.17, 15) is 18.3 Å². The van der Waals surface area contributed by atoms with Gasteiger partial charge in [-0.2, -0.15) is 0 Å². The number of ether oxygens (including phenoxy) is 1. The molecule has 0 unspecified atom stereocenters. The molecular formula is C17H23F3N2O2. The Balaban J connectivity index is 1.74. The van der Waals surface area contributed by atoms with Crippen LogP contribution in [0.25, 0.3) is 0 Å². The number of nitrogens with zero attached hydrogens (tertiary/aromatic N) is 1. The van der Waals surface area contributed by atoms with Gasteiger partial charge in [0.2, 0.25) is 0 Å². The van der Waals surface area contributed by atoms with Crippen molar-refractivity contribution in [3.63, 3.8) is 0 Å². The smallest absolute Gasteiger partial charge is 0.250 e. The maximum atomic E-state index is 13.4. The van der Waals surface area contributed by atoms with Crippen molar-refractivity contribution in [2.75, 3.05) is 13.1 Å². The van der Waals surface area contributed by atoms with E-state index in [2.05, 4.69) is 0 Å². The van der Waals surface area contributed by atoms with Crippen molar-refractivity contribution in [3.05, 3.63) is 30.1 Å². The minimum atomic E-state index is -2.65. The molecule has 0 bridgehead atoms. The molecule has 1 saturated carbocycles. The number of hydrogen-bond donors (Lipinski definition) is 2. The van der Waals surface area contributed by atoms with E-state index in [0.29, 0.717) is 18.6 Å². The number of benzene rings is 1. The van der Waals surface area contributed by atoms with Gasteiger partial charge in [-0.05, 0) is 37.1 Å². The summed E-state index contributed by atoms with van der Waals surface area (Å²) in [5, 5.41) is 10.5. The Labute approximate surface area is 139 Å². The largest absolute Gasteiger partial charge is 0.489 e. The van der Waals surface area contributed by atoms with Crippen LogP contribution in [0.1, 0.15) is 25.7 Å². The number of rotatable bonds is 3. The molecule has 0 spiro atoms. The van der Waals surface area contributed by atoms with E-state index in [-0.39, 0.29) is 37.9 Å². The molecule has 1 aromatic carbocycles. The molecule has 7 heteroatoms. The van der Waals surface area contributed by atoms with Crippen LogP contribution in [-0.4, -0.2) is 53.3 Å². The molecule has 2 fully saturated rings. The molecule has 4 atom stereocenters. The lowest BCUT2D eigenvalue weighted by molar-refractivity contribution is -0.106. The second-order valence-electron chi connectivity index (χ2n) is 6.72. The molecule has 4 nitrogen and oxygen atoms in total. The number of halogens is 3. The summed E-state index contributed by atoms with van der Waals surface area (Å²) >= 11 is 0.